The molecule has 8 heteroatoms. The van der Waals surface area contributed by atoms with Gasteiger partial charge in [-0.15, -0.1) is 0 Å². The summed E-state index contributed by atoms with van der Waals surface area (Å²) >= 11 is 3.35. The van der Waals surface area contributed by atoms with Gasteiger partial charge in [-0.1, -0.05) is 12.1 Å². The highest BCUT2D eigenvalue weighted by atomic mass is 79.9. The molecule has 0 unspecified atom stereocenters. The maximum Gasteiger partial charge on any atom is 0.252 e. The zero-order chi connectivity index (χ0) is 20.1. The largest absolute Gasteiger partial charge is 0.497 e. The smallest absolute Gasteiger partial charge is 0.252 e. The number of ether oxygens (including phenoxy) is 1. The number of carbonyl (C=O) groups is 1. The third-order valence-electron chi connectivity index (χ3n) is 4.74. The Kier molecular flexibility index (Phi) is 6.74. The summed E-state index contributed by atoms with van der Waals surface area (Å²) < 4.78 is 32.7. The van der Waals surface area contributed by atoms with Crippen LogP contribution in [-0.4, -0.2) is 45.4 Å². The molecule has 1 amide bonds. The summed E-state index contributed by atoms with van der Waals surface area (Å²) in [5.41, 5.74) is 1.39. The number of sulfonamides is 1. The minimum atomic E-state index is -3.56. The molecule has 1 N–H and O–H groups in total. The highest BCUT2D eigenvalue weighted by Gasteiger charge is 2.28. The molecule has 1 heterocycles. The number of hydrogen-bond donors (Lipinski definition) is 1. The number of nitrogens with one attached hydrogen (secondary N) is 1. The second-order valence-electron chi connectivity index (χ2n) is 6.61. The highest BCUT2D eigenvalue weighted by Crippen LogP contribution is 2.25. The Morgan fingerprint density at radius 2 is 1.82 bits per heavy atom. The number of benzene rings is 2. The predicted octanol–water partition coefficient (Wildman–Crippen LogP) is 3.21. The van der Waals surface area contributed by atoms with Crippen LogP contribution in [0.4, 0.5) is 0 Å². The van der Waals surface area contributed by atoms with E-state index in [1.54, 1.807) is 13.2 Å². The number of methoxy groups -OCH3 is 1. The van der Waals surface area contributed by atoms with Gasteiger partial charge in [0.25, 0.3) is 5.91 Å². The van der Waals surface area contributed by atoms with Crippen molar-refractivity contribution in [2.45, 2.75) is 24.2 Å². The Balaban J connectivity index is 1.67. The molecule has 0 saturated carbocycles. The van der Waals surface area contributed by atoms with Crippen LogP contribution in [0, 0.1) is 0 Å². The zero-order valence-corrected chi connectivity index (χ0v) is 18.1. The lowest BCUT2D eigenvalue weighted by atomic mass is 10.1. The van der Waals surface area contributed by atoms with Crippen LogP contribution in [0.1, 0.15) is 28.8 Å². The van der Waals surface area contributed by atoms with Crippen molar-refractivity contribution in [2.75, 3.05) is 26.7 Å². The Morgan fingerprint density at radius 3 is 2.46 bits per heavy atom. The van der Waals surface area contributed by atoms with Crippen molar-refractivity contribution in [3.63, 3.8) is 0 Å². The first-order valence-corrected chi connectivity index (χ1v) is 11.4. The van der Waals surface area contributed by atoms with Crippen LogP contribution in [0.2, 0.25) is 0 Å². The molecule has 1 aliphatic heterocycles. The molecule has 1 saturated heterocycles. The predicted molar refractivity (Wildman–Crippen MR) is 111 cm³/mol. The zero-order valence-electron chi connectivity index (χ0n) is 15.7. The summed E-state index contributed by atoms with van der Waals surface area (Å²) in [5.74, 6) is 0.478. The van der Waals surface area contributed by atoms with Crippen molar-refractivity contribution >= 4 is 31.9 Å². The topological polar surface area (TPSA) is 75.7 Å². The van der Waals surface area contributed by atoms with E-state index in [0.717, 1.165) is 24.2 Å². The number of carbonyl (C=O) groups excluding carboxylic acids is 1. The Morgan fingerprint density at radius 1 is 1.14 bits per heavy atom. The van der Waals surface area contributed by atoms with E-state index >= 15 is 0 Å². The van der Waals surface area contributed by atoms with Crippen molar-refractivity contribution in [3.05, 3.63) is 58.1 Å². The maximum atomic E-state index is 12.7. The van der Waals surface area contributed by atoms with Crippen molar-refractivity contribution < 1.29 is 17.9 Å². The van der Waals surface area contributed by atoms with Crippen molar-refractivity contribution in [1.29, 1.82) is 0 Å². The number of rotatable bonds is 7. The summed E-state index contributed by atoms with van der Waals surface area (Å²) in [4.78, 5) is 12.7. The van der Waals surface area contributed by atoms with Crippen LogP contribution in [-0.2, 0) is 16.4 Å². The molecule has 0 aliphatic carbocycles. The molecule has 1 aliphatic rings. The van der Waals surface area contributed by atoms with Crippen LogP contribution < -0.4 is 10.1 Å². The summed E-state index contributed by atoms with van der Waals surface area (Å²) in [7, 11) is -1.94. The van der Waals surface area contributed by atoms with E-state index in [4.69, 9.17) is 4.74 Å². The van der Waals surface area contributed by atoms with Crippen molar-refractivity contribution in [3.8, 4) is 5.75 Å². The molecule has 150 valence electrons. The molecular weight excluding hydrogens is 444 g/mol. The maximum absolute atomic E-state index is 12.7. The fraction of sp³-hybridized carbons (Fsp3) is 0.350. The normalized spacial score (nSPS) is 14.8. The van der Waals surface area contributed by atoms with Gasteiger partial charge in [-0.05, 0) is 71.1 Å². The molecule has 0 atom stereocenters. The average Bonchev–Trinajstić information content (AvgIpc) is 3.24. The van der Waals surface area contributed by atoms with Gasteiger partial charge in [0.1, 0.15) is 5.75 Å². The molecule has 0 spiro atoms. The number of amides is 1. The van der Waals surface area contributed by atoms with Crippen molar-refractivity contribution in [1.82, 2.24) is 9.62 Å². The average molecular weight is 467 g/mol. The standard InChI is InChI=1S/C20H23BrN2O4S/c1-27-16-6-4-15(5-7-16)10-11-22-20(24)18-14-17(8-9-19(18)21)28(25,26)23-12-2-3-13-23/h4-9,14H,2-3,10-13H2,1H3,(H,22,24). The van der Waals surface area contributed by atoms with E-state index in [2.05, 4.69) is 21.2 Å². The number of halogens is 1. The lowest BCUT2D eigenvalue weighted by Crippen LogP contribution is -2.29. The van der Waals surface area contributed by atoms with Crippen LogP contribution in [0.5, 0.6) is 5.75 Å². The van der Waals surface area contributed by atoms with E-state index in [9.17, 15) is 13.2 Å². The minimum absolute atomic E-state index is 0.151. The van der Waals surface area contributed by atoms with Gasteiger partial charge in [0.15, 0.2) is 0 Å². The molecular formula is C20H23BrN2O4S. The summed E-state index contributed by atoms with van der Waals surface area (Å²) in [5, 5.41) is 2.86. The van der Waals surface area contributed by atoms with Gasteiger partial charge in [0, 0.05) is 24.1 Å². The lowest BCUT2D eigenvalue weighted by Gasteiger charge is -2.16. The Labute approximate surface area is 174 Å². The van der Waals surface area contributed by atoms with Crippen LogP contribution in [0.25, 0.3) is 0 Å². The molecule has 2 aromatic carbocycles. The molecule has 0 radical (unpaired) electrons. The van der Waals surface area contributed by atoms with Gasteiger partial charge in [-0.2, -0.15) is 4.31 Å². The number of hydrogen-bond acceptors (Lipinski definition) is 4. The van der Waals surface area contributed by atoms with Gasteiger partial charge < -0.3 is 10.1 Å². The second-order valence-corrected chi connectivity index (χ2v) is 9.40. The molecule has 2 aromatic rings. The third kappa shape index (κ3) is 4.74. The van der Waals surface area contributed by atoms with Gasteiger partial charge in [-0.25, -0.2) is 8.42 Å². The van der Waals surface area contributed by atoms with Gasteiger partial charge in [0.05, 0.1) is 17.6 Å². The van der Waals surface area contributed by atoms with Gasteiger partial charge in [-0.3, -0.25) is 4.79 Å². The molecule has 6 nitrogen and oxygen atoms in total. The molecule has 0 aromatic heterocycles. The molecule has 0 bridgehead atoms. The quantitative estimate of drug-likeness (QED) is 0.679. The second kappa shape index (κ2) is 9.07. The first kappa shape index (κ1) is 20.8. The monoisotopic (exact) mass is 466 g/mol. The molecule has 1 fully saturated rings. The number of nitrogens with zero attached hydrogens (tertiary/aromatic N) is 1. The van der Waals surface area contributed by atoms with E-state index < -0.39 is 10.0 Å². The SMILES string of the molecule is COc1ccc(CCNC(=O)c2cc(S(=O)(=O)N3CCCC3)ccc2Br)cc1. The van der Waals surface area contributed by atoms with E-state index in [0.29, 0.717) is 36.1 Å². The summed E-state index contributed by atoms with van der Waals surface area (Å²) in [6.07, 6.45) is 2.40. The summed E-state index contributed by atoms with van der Waals surface area (Å²) in [6, 6.07) is 12.2. The van der Waals surface area contributed by atoms with Gasteiger partial charge in [0.2, 0.25) is 10.0 Å². The highest BCUT2D eigenvalue weighted by molar-refractivity contribution is 9.10. The van der Waals surface area contributed by atoms with E-state index in [-0.39, 0.29) is 10.8 Å². The minimum Gasteiger partial charge on any atom is -0.497 e. The fourth-order valence-corrected chi connectivity index (χ4v) is 5.09. The fourth-order valence-electron chi connectivity index (χ4n) is 3.12. The molecule has 3 rings (SSSR count). The van der Waals surface area contributed by atoms with Crippen LogP contribution in [0.3, 0.4) is 0 Å². The first-order valence-electron chi connectivity index (χ1n) is 9.12. The summed E-state index contributed by atoms with van der Waals surface area (Å²) in [6.45, 7) is 1.50. The third-order valence-corrected chi connectivity index (χ3v) is 7.33. The van der Waals surface area contributed by atoms with E-state index in [1.807, 2.05) is 24.3 Å². The van der Waals surface area contributed by atoms with E-state index in [1.165, 1.54) is 16.4 Å². The Bertz CT molecular complexity index is 939. The first-order chi connectivity index (χ1) is 13.4. The van der Waals surface area contributed by atoms with Crippen LogP contribution >= 0.6 is 15.9 Å². The Hall–Kier alpha value is -1.90. The van der Waals surface area contributed by atoms with Gasteiger partial charge >= 0.3 is 0 Å². The van der Waals surface area contributed by atoms with Crippen LogP contribution in [0.15, 0.2) is 51.8 Å². The lowest BCUT2D eigenvalue weighted by molar-refractivity contribution is 0.0953. The van der Waals surface area contributed by atoms with Crippen molar-refractivity contribution in [2.24, 2.45) is 0 Å². The molecule has 28 heavy (non-hydrogen) atoms.